The van der Waals surface area contributed by atoms with Gasteiger partial charge < -0.3 is 4.74 Å². The lowest BCUT2D eigenvalue weighted by Gasteiger charge is -2.28. The highest BCUT2D eigenvalue weighted by atomic mass is 35.5. The number of amides is 4. The second-order valence-corrected chi connectivity index (χ2v) is 9.15. The molecule has 3 aromatic carbocycles. The van der Waals surface area contributed by atoms with E-state index in [4.69, 9.17) is 39.5 Å². The summed E-state index contributed by atoms with van der Waals surface area (Å²) in [5.74, 6) is -1.18. The van der Waals surface area contributed by atoms with Gasteiger partial charge in [-0.25, -0.2) is 9.69 Å². The van der Waals surface area contributed by atoms with Gasteiger partial charge in [0.1, 0.15) is 17.9 Å². The lowest BCUT2D eigenvalue weighted by Crippen LogP contribution is -2.54. The summed E-state index contributed by atoms with van der Waals surface area (Å²) in [5, 5.41) is 3.44. The van der Waals surface area contributed by atoms with Crippen LogP contribution < -0.4 is 15.0 Å². The molecular weight excluding hydrogens is 511 g/mol. The summed E-state index contributed by atoms with van der Waals surface area (Å²) in [4.78, 5) is 39.5. The Labute approximate surface area is 217 Å². The fourth-order valence-electron chi connectivity index (χ4n) is 3.56. The van der Waals surface area contributed by atoms with Crippen molar-refractivity contribution in [3.05, 3.63) is 97.5 Å². The molecule has 0 unspecified atom stereocenters. The van der Waals surface area contributed by atoms with Crippen molar-refractivity contribution in [3.8, 4) is 5.75 Å². The van der Waals surface area contributed by atoms with E-state index in [1.54, 1.807) is 55.5 Å². The van der Waals surface area contributed by atoms with E-state index < -0.39 is 17.8 Å². The molecule has 4 rings (SSSR count). The van der Waals surface area contributed by atoms with Crippen LogP contribution in [0.3, 0.4) is 0 Å². The van der Waals surface area contributed by atoms with Crippen LogP contribution in [0.4, 0.5) is 10.5 Å². The number of rotatable bonds is 5. The van der Waals surface area contributed by atoms with Crippen molar-refractivity contribution in [2.24, 2.45) is 0 Å². The fraction of sp³-hybridized carbons (Fsp3) is 0.115. The predicted octanol–water partition coefficient (Wildman–Crippen LogP) is 6.51. The van der Waals surface area contributed by atoms with Crippen molar-refractivity contribution in [1.82, 2.24) is 5.32 Å². The Hall–Kier alpha value is -3.32. The molecule has 6 nitrogen and oxygen atoms in total. The number of anilines is 1. The molecule has 1 fully saturated rings. The number of carbonyl (C=O) groups excluding carboxylic acids is 3. The van der Waals surface area contributed by atoms with Gasteiger partial charge in [0.2, 0.25) is 0 Å². The molecule has 9 heteroatoms. The molecule has 0 aromatic heterocycles. The topological polar surface area (TPSA) is 75.7 Å². The van der Waals surface area contributed by atoms with Crippen LogP contribution in [-0.2, 0) is 16.2 Å². The highest BCUT2D eigenvalue weighted by molar-refractivity contribution is 6.42. The zero-order valence-electron chi connectivity index (χ0n) is 18.7. The first kappa shape index (κ1) is 24.8. The standard InChI is InChI=1S/C26H19Cl3N2O4/c1-14-4-3-5-22(15(14)2)31-25(33)19(24(32)30-26(31)34)12-17-11-18(27)7-9-23(17)35-13-16-6-8-20(28)21(29)10-16/h3-12H,13H2,1-2H3,(H,30,32,34)/b19-12+. The molecule has 4 amide bonds. The van der Waals surface area contributed by atoms with Gasteiger partial charge >= 0.3 is 6.03 Å². The number of benzene rings is 3. The number of barbiturate groups is 1. The van der Waals surface area contributed by atoms with Crippen LogP contribution in [0.5, 0.6) is 5.75 Å². The quantitative estimate of drug-likeness (QED) is 0.302. The maximum Gasteiger partial charge on any atom is 0.335 e. The van der Waals surface area contributed by atoms with Crippen LogP contribution in [0, 0.1) is 13.8 Å². The second kappa shape index (κ2) is 10.1. The van der Waals surface area contributed by atoms with Crippen molar-refractivity contribution in [1.29, 1.82) is 0 Å². The SMILES string of the molecule is Cc1cccc(N2C(=O)NC(=O)/C(=C\c3cc(Cl)ccc3OCc3ccc(Cl)c(Cl)c3)C2=O)c1C. The zero-order chi connectivity index (χ0) is 25.3. The zero-order valence-corrected chi connectivity index (χ0v) is 21.0. The van der Waals surface area contributed by atoms with Gasteiger partial charge in [0.25, 0.3) is 11.8 Å². The molecule has 3 aromatic rings. The molecule has 1 aliphatic heterocycles. The third kappa shape index (κ3) is 5.20. The van der Waals surface area contributed by atoms with Crippen molar-refractivity contribution in [2.45, 2.75) is 20.5 Å². The molecule has 1 heterocycles. The number of nitrogens with zero attached hydrogens (tertiary/aromatic N) is 1. The highest BCUT2D eigenvalue weighted by Gasteiger charge is 2.37. The Kier molecular flexibility index (Phi) is 7.17. The number of urea groups is 1. The van der Waals surface area contributed by atoms with Crippen molar-refractivity contribution < 1.29 is 19.1 Å². The Morgan fingerprint density at radius 2 is 1.71 bits per heavy atom. The minimum Gasteiger partial charge on any atom is -0.488 e. The summed E-state index contributed by atoms with van der Waals surface area (Å²) < 4.78 is 5.92. The first-order valence-electron chi connectivity index (χ1n) is 10.5. The average Bonchev–Trinajstić information content (AvgIpc) is 2.81. The van der Waals surface area contributed by atoms with Gasteiger partial charge in [0, 0.05) is 10.6 Å². The lowest BCUT2D eigenvalue weighted by molar-refractivity contribution is -0.122. The second-order valence-electron chi connectivity index (χ2n) is 7.90. The van der Waals surface area contributed by atoms with Gasteiger partial charge in [-0.1, -0.05) is 53.0 Å². The molecule has 1 N–H and O–H groups in total. The molecular formula is C26H19Cl3N2O4. The average molecular weight is 530 g/mol. The van der Waals surface area contributed by atoms with E-state index in [1.807, 2.05) is 13.0 Å². The van der Waals surface area contributed by atoms with Crippen LogP contribution in [0.25, 0.3) is 6.08 Å². The molecule has 1 aliphatic rings. The number of hydrogen-bond donors (Lipinski definition) is 1. The van der Waals surface area contributed by atoms with E-state index in [1.165, 1.54) is 6.08 Å². The Morgan fingerprint density at radius 1 is 0.943 bits per heavy atom. The molecule has 0 spiro atoms. The van der Waals surface area contributed by atoms with Crippen LogP contribution >= 0.6 is 34.8 Å². The maximum atomic E-state index is 13.3. The van der Waals surface area contributed by atoms with E-state index in [9.17, 15) is 14.4 Å². The van der Waals surface area contributed by atoms with Crippen molar-refractivity contribution in [2.75, 3.05) is 4.90 Å². The molecule has 1 saturated heterocycles. The normalized spacial score (nSPS) is 14.9. The van der Waals surface area contributed by atoms with Crippen LogP contribution in [0.15, 0.2) is 60.2 Å². The first-order chi connectivity index (χ1) is 16.7. The number of ether oxygens (including phenoxy) is 1. The minimum atomic E-state index is -0.812. The molecule has 178 valence electrons. The number of nitrogens with one attached hydrogen (secondary N) is 1. The first-order valence-corrected chi connectivity index (χ1v) is 11.6. The van der Waals surface area contributed by atoms with Gasteiger partial charge in [-0.15, -0.1) is 0 Å². The Bertz CT molecular complexity index is 1400. The summed E-state index contributed by atoms with van der Waals surface area (Å²) in [6.45, 7) is 3.83. The van der Waals surface area contributed by atoms with Crippen LogP contribution in [0.2, 0.25) is 15.1 Å². The third-order valence-electron chi connectivity index (χ3n) is 5.57. The predicted molar refractivity (Wildman–Crippen MR) is 137 cm³/mol. The summed E-state index contributed by atoms with van der Waals surface area (Å²) in [6, 6.07) is 14.4. The van der Waals surface area contributed by atoms with Gasteiger partial charge in [0.05, 0.1) is 15.7 Å². The Morgan fingerprint density at radius 3 is 2.46 bits per heavy atom. The molecule has 0 radical (unpaired) electrons. The van der Waals surface area contributed by atoms with E-state index >= 15 is 0 Å². The summed E-state index contributed by atoms with van der Waals surface area (Å²) in [5.41, 5.74) is 2.98. The van der Waals surface area contributed by atoms with Crippen LogP contribution in [-0.4, -0.2) is 17.8 Å². The van der Waals surface area contributed by atoms with Gasteiger partial charge in [-0.2, -0.15) is 0 Å². The van der Waals surface area contributed by atoms with Gasteiger partial charge in [-0.3, -0.25) is 14.9 Å². The molecule has 0 bridgehead atoms. The van der Waals surface area contributed by atoms with Gasteiger partial charge in [-0.05, 0) is 73.0 Å². The fourth-order valence-corrected chi connectivity index (χ4v) is 4.06. The van der Waals surface area contributed by atoms with E-state index in [-0.39, 0.29) is 12.2 Å². The van der Waals surface area contributed by atoms with Crippen molar-refractivity contribution in [3.63, 3.8) is 0 Å². The maximum absolute atomic E-state index is 13.3. The van der Waals surface area contributed by atoms with Gasteiger partial charge in [0.15, 0.2) is 0 Å². The Balaban J connectivity index is 1.69. The number of imide groups is 2. The van der Waals surface area contributed by atoms with E-state index in [0.717, 1.165) is 21.6 Å². The highest BCUT2D eigenvalue weighted by Crippen LogP contribution is 2.31. The smallest absolute Gasteiger partial charge is 0.335 e. The molecule has 0 saturated carbocycles. The molecule has 35 heavy (non-hydrogen) atoms. The number of carbonyl (C=O) groups is 3. The third-order valence-corrected chi connectivity index (χ3v) is 6.54. The number of hydrogen-bond acceptors (Lipinski definition) is 4. The minimum absolute atomic E-state index is 0.155. The summed E-state index contributed by atoms with van der Waals surface area (Å²) in [7, 11) is 0. The van der Waals surface area contributed by atoms with Crippen molar-refractivity contribution >= 4 is 64.4 Å². The molecule has 0 atom stereocenters. The molecule has 0 aliphatic carbocycles. The monoisotopic (exact) mass is 528 g/mol. The van der Waals surface area contributed by atoms with E-state index in [2.05, 4.69) is 5.32 Å². The summed E-state index contributed by atoms with van der Waals surface area (Å²) >= 11 is 18.2. The summed E-state index contributed by atoms with van der Waals surface area (Å²) in [6.07, 6.45) is 1.36. The number of halogens is 3. The lowest BCUT2D eigenvalue weighted by atomic mass is 10.0. The van der Waals surface area contributed by atoms with Crippen LogP contribution in [0.1, 0.15) is 22.3 Å². The largest absolute Gasteiger partial charge is 0.488 e. The number of aryl methyl sites for hydroxylation is 1. The van der Waals surface area contributed by atoms with E-state index in [0.29, 0.717) is 32.1 Å².